The van der Waals surface area contributed by atoms with Gasteiger partial charge in [0, 0.05) is 36.0 Å². The standard InChI is InChI=1S/C34H30FIN2O9/c1-45-29-13-20(18-40)12-25(36)31(29)46-28-16-22(32(42)37-10-11-39)15-26(30(28)41)38(17-19-6-8-23(35)9-7-19)33(43)24-14-21-4-2-3-5-27(21)47-34(24)44/h2-9,12-14,16,18,26,28,30,39,41H,10-11,15,17H2,1H3,(H,37,42). The Morgan fingerprint density at radius 3 is 2.60 bits per heavy atom. The lowest BCUT2D eigenvalue weighted by Crippen LogP contribution is -2.55. The van der Waals surface area contributed by atoms with E-state index in [1.165, 1.54) is 54.5 Å². The number of halogens is 2. The van der Waals surface area contributed by atoms with Gasteiger partial charge < -0.3 is 34.3 Å². The smallest absolute Gasteiger partial charge is 0.349 e. The van der Waals surface area contributed by atoms with Crippen LogP contribution in [-0.4, -0.2) is 71.7 Å². The minimum atomic E-state index is -1.47. The van der Waals surface area contributed by atoms with Gasteiger partial charge in [0.05, 0.1) is 23.3 Å². The fraction of sp³-hybridized carbons (Fsp3) is 0.235. The second-order valence-corrected chi connectivity index (χ2v) is 11.9. The van der Waals surface area contributed by atoms with Crippen LogP contribution in [0, 0.1) is 9.39 Å². The van der Waals surface area contributed by atoms with Gasteiger partial charge in [-0.05, 0) is 70.6 Å². The number of rotatable bonds is 11. The SMILES string of the molecule is COc1cc(C=O)cc(I)c1OC1C=C(C(=O)NCCO)CC(N(Cc2ccc(F)cc2)C(=O)c2cc3ccccc3oc2=O)C1O. The first kappa shape index (κ1) is 33.8. The highest BCUT2D eigenvalue weighted by Gasteiger charge is 2.42. The summed E-state index contributed by atoms with van der Waals surface area (Å²) in [5.74, 6) is -1.48. The third-order valence-electron chi connectivity index (χ3n) is 7.66. The molecule has 4 aromatic rings. The summed E-state index contributed by atoms with van der Waals surface area (Å²) >= 11 is 1.95. The van der Waals surface area contributed by atoms with E-state index in [0.717, 1.165) is 0 Å². The van der Waals surface area contributed by atoms with Crippen molar-refractivity contribution < 1.29 is 42.9 Å². The number of carbonyl (C=O) groups excluding carboxylic acids is 3. The lowest BCUT2D eigenvalue weighted by Gasteiger charge is -2.40. The molecule has 0 aliphatic heterocycles. The summed E-state index contributed by atoms with van der Waals surface area (Å²) in [5, 5.41) is 24.2. The zero-order valence-electron chi connectivity index (χ0n) is 25.0. The Morgan fingerprint density at radius 2 is 1.89 bits per heavy atom. The van der Waals surface area contributed by atoms with Gasteiger partial charge in [0.15, 0.2) is 11.5 Å². The predicted molar refractivity (Wildman–Crippen MR) is 177 cm³/mol. The number of aliphatic hydroxyl groups is 2. The number of benzene rings is 3. The molecule has 3 unspecified atom stereocenters. The van der Waals surface area contributed by atoms with Crippen molar-refractivity contribution in [2.75, 3.05) is 20.3 Å². The maximum Gasteiger partial charge on any atom is 0.349 e. The monoisotopic (exact) mass is 756 g/mol. The topological polar surface area (TPSA) is 156 Å². The summed E-state index contributed by atoms with van der Waals surface area (Å²) in [6, 6.07) is 15.3. The van der Waals surface area contributed by atoms with Gasteiger partial charge in [-0.15, -0.1) is 0 Å². The summed E-state index contributed by atoms with van der Waals surface area (Å²) < 4.78 is 31.4. The molecule has 0 radical (unpaired) electrons. The summed E-state index contributed by atoms with van der Waals surface area (Å²) in [5.41, 5.74) is 0.0143. The van der Waals surface area contributed by atoms with Gasteiger partial charge in [-0.1, -0.05) is 30.3 Å². The number of carbonyl (C=O) groups is 3. The van der Waals surface area contributed by atoms with Crippen LogP contribution in [0.15, 0.2) is 87.6 Å². The molecule has 13 heteroatoms. The van der Waals surface area contributed by atoms with Crippen molar-refractivity contribution in [2.24, 2.45) is 0 Å². The second kappa shape index (κ2) is 14.9. The van der Waals surface area contributed by atoms with E-state index in [1.807, 2.05) is 22.6 Å². The van der Waals surface area contributed by atoms with E-state index in [1.54, 1.807) is 30.3 Å². The Kier molecular flexibility index (Phi) is 10.7. The van der Waals surface area contributed by atoms with Crippen molar-refractivity contribution in [3.63, 3.8) is 0 Å². The molecule has 3 atom stereocenters. The molecule has 2 amide bonds. The maximum absolute atomic E-state index is 14.3. The number of fused-ring (bicyclic) bond motifs is 1. The first-order chi connectivity index (χ1) is 22.6. The van der Waals surface area contributed by atoms with Crippen LogP contribution in [-0.2, 0) is 11.3 Å². The van der Waals surface area contributed by atoms with Crippen LogP contribution in [0.3, 0.4) is 0 Å². The number of methoxy groups -OCH3 is 1. The molecule has 47 heavy (non-hydrogen) atoms. The van der Waals surface area contributed by atoms with Crippen LogP contribution in [0.5, 0.6) is 11.5 Å². The molecule has 3 N–H and O–H groups in total. The Hall–Kier alpha value is -4.60. The fourth-order valence-electron chi connectivity index (χ4n) is 5.33. The normalized spacial score (nSPS) is 17.5. The molecule has 1 aromatic heterocycles. The molecule has 0 spiro atoms. The molecule has 0 saturated carbocycles. The molecule has 1 heterocycles. The lowest BCUT2D eigenvalue weighted by atomic mass is 9.87. The number of hydrogen-bond acceptors (Lipinski definition) is 9. The van der Waals surface area contributed by atoms with Crippen LogP contribution in [0.4, 0.5) is 4.39 Å². The molecule has 3 aromatic carbocycles. The highest BCUT2D eigenvalue weighted by Crippen LogP contribution is 2.37. The molecule has 0 saturated heterocycles. The molecule has 11 nitrogen and oxygen atoms in total. The predicted octanol–water partition coefficient (Wildman–Crippen LogP) is 3.62. The minimum absolute atomic E-state index is 0.0514. The van der Waals surface area contributed by atoms with Gasteiger partial charge in [0.25, 0.3) is 5.91 Å². The van der Waals surface area contributed by atoms with E-state index in [-0.39, 0.29) is 54.3 Å². The average molecular weight is 757 g/mol. The third-order valence-corrected chi connectivity index (χ3v) is 8.46. The number of nitrogens with zero attached hydrogens (tertiary/aromatic N) is 1. The van der Waals surface area contributed by atoms with Gasteiger partial charge in [-0.2, -0.15) is 0 Å². The van der Waals surface area contributed by atoms with Crippen molar-refractivity contribution in [3.8, 4) is 11.5 Å². The Labute approximate surface area is 281 Å². The minimum Gasteiger partial charge on any atom is -0.493 e. The fourth-order valence-corrected chi connectivity index (χ4v) is 6.08. The van der Waals surface area contributed by atoms with Crippen molar-refractivity contribution >= 4 is 51.7 Å². The van der Waals surface area contributed by atoms with Gasteiger partial charge >= 0.3 is 5.63 Å². The first-order valence-corrected chi connectivity index (χ1v) is 15.6. The molecule has 0 fully saturated rings. The Morgan fingerprint density at radius 1 is 1.15 bits per heavy atom. The zero-order valence-corrected chi connectivity index (χ0v) is 27.2. The van der Waals surface area contributed by atoms with Crippen molar-refractivity contribution in [1.29, 1.82) is 0 Å². The summed E-state index contributed by atoms with van der Waals surface area (Å²) in [6.07, 6.45) is -0.798. The summed E-state index contributed by atoms with van der Waals surface area (Å²) in [4.78, 5) is 53.3. The van der Waals surface area contributed by atoms with Crippen LogP contribution in [0.25, 0.3) is 11.0 Å². The van der Waals surface area contributed by atoms with E-state index in [2.05, 4.69) is 5.32 Å². The van der Waals surface area contributed by atoms with E-state index in [0.29, 0.717) is 26.4 Å². The second-order valence-electron chi connectivity index (χ2n) is 10.7. The van der Waals surface area contributed by atoms with E-state index in [9.17, 15) is 33.8 Å². The van der Waals surface area contributed by atoms with Gasteiger partial charge in [-0.25, -0.2) is 9.18 Å². The number of ether oxygens (including phenoxy) is 2. The number of aldehydes is 1. The number of amides is 2. The number of hydrogen-bond donors (Lipinski definition) is 3. The highest BCUT2D eigenvalue weighted by molar-refractivity contribution is 14.1. The average Bonchev–Trinajstić information content (AvgIpc) is 3.07. The van der Waals surface area contributed by atoms with Crippen molar-refractivity contribution in [1.82, 2.24) is 10.2 Å². The molecule has 0 bridgehead atoms. The van der Waals surface area contributed by atoms with Crippen LogP contribution in [0.2, 0.25) is 0 Å². The van der Waals surface area contributed by atoms with Gasteiger partial charge in [0.1, 0.15) is 35.5 Å². The largest absolute Gasteiger partial charge is 0.493 e. The maximum atomic E-state index is 14.3. The Bertz CT molecular complexity index is 1890. The van der Waals surface area contributed by atoms with Gasteiger partial charge in [-0.3, -0.25) is 14.4 Å². The van der Waals surface area contributed by atoms with Crippen molar-refractivity contribution in [2.45, 2.75) is 31.2 Å². The number of nitrogens with one attached hydrogen (secondary N) is 1. The van der Waals surface area contributed by atoms with Crippen LogP contribution >= 0.6 is 22.6 Å². The molecular weight excluding hydrogens is 726 g/mol. The number of aliphatic hydroxyl groups excluding tert-OH is 2. The molecule has 1 aliphatic rings. The first-order valence-electron chi connectivity index (χ1n) is 14.5. The van der Waals surface area contributed by atoms with Crippen LogP contribution < -0.4 is 20.4 Å². The number of para-hydroxylation sites is 1. The Balaban J connectivity index is 1.60. The van der Waals surface area contributed by atoms with Crippen molar-refractivity contribution in [3.05, 3.63) is 115 Å². The van der Waals surface area contributed by atoms with Gasteiger partial charge in [0.2, 0.25) is 5.91 Å². The molecule has 5 rings (SSSR count). The highest BCUT2D eigenvalue weighted by atomic mass is 127. The van der Waals surface area contributed by atoms with E-state index >= 15 is 0 Å². The van der Waals surface area contributed by atoms with E-state index < -0.39 is 41.5 Å². The lowest BCUT2D eigenvalue weighted by molar-refractivity contribution is -0.118. The molecule has 1 aliphatic carbocycles. The summed E-state index contributed by atoms with van der Waals surface area (Å²) in [7, 11) is 1.38. The van der Waals surface area contributed by atoms with E-state index in [4.69, 9.17) is 13.9 Å². The van der Waals surface area contributed by atoms with Crippen LogP contribution in [0.1, 0.15) is 32.7 Å². The molecular formula is C34H30FIN2O9. The zero-order chi connectivity index (χ0) is 33.7. The third kappa shape index (κ3) is 7.53. The molecule has 244 valence electrons. The summed E-state index contributed by atoms with van der Waals surface area (Å²) in [6.45, 7) is -0.555. The quantitative estimate of drug-likeness (QED) is 0.118.